The number of amides is 3. The molecular formula is C41H51ClN6O8S. The molecule has 1 saturated carbocycles. The summed E-state index contributed by atoms with van der Waals surface area (Å²) in [6, 6.07) is 11.3. The van der Waals surface area contributed by atoms with Gasteiger partial charge in [0.2, 0.25) is 5.88 Å². The summed E-state index contributed by atoms with van der Waals surface area (Å²) in [4.78, 5) is 44.6. The molecule has 4 aliphatic rings. The summed E-state index contributed by atoms with van der Waals surface area (Å²) in [5, 5.41) is 4.85. The molecule has 306 valence electrons. The van der Waals surface area contributed by atoms with E-state index < -0.39 is 39.8 Å². The van der Waals surface area contributed by atoms with Crippen LogP contribution in [0.25, 0.3) is 0 Å². The van der Waals surface area contributed by atoms with Gasteiger partial charge in [-0.1, -0.05) is 30.7 Å². The van der Waals surface area contributed by atoms with Crippen molar-refractivity contribution >= 4 is 45.1 Å². The average molecular weight is 823 g/mol. The van der Waals surface area contributed by atoms with Crippen molar-refractivity contribution < 1.29 is 37.5 Å². The van der Waals surface area contributed by atoms with Gasteiger partial charge in [-0.25, -0.2) is 9.00 Å². The van der Waals surface area contributed by atoms with Gasteiger partial charge in [-0.2, -0.15) is 0 Å². The number of fused-ring (bicyclic) bond motifs is 4. The first-order chi connectivity index (χ1) is 27.2. The Kier molecular flexibility index (Phi) is 11.6. The second-order valence-corrected chi connectivity index (χ2v) is 18.4. The van der Waals surface area contributed by atoms with Gasteiger partial charge in [0.05, 0.1) is 31.3 Å². The zero-order valence-corrected chi connectivity index (χ0v) is 34.8. The molecule has 7 rings (SSSR count). The molecule has 0 radical (unpaired) electrons. The van der Waals surface area contributed by atoms with Gasteiger partial charge in [0, 0.05) is 69.5 Å². The van der Waals surface area contributed by atoms with Crippen LogP contribution in [0.15, 0.2) is 59.1 Å². The molecule has 1 N–H and O–H groups in total. The number of carbonyl (C=O) groups is 3. The molecule has 3 amide bonds. The van der Waals surface area contributed by atoms with Crippen molar-refractivity contribution in [2.75, 3.05) is 58.7 Å². The van der Waals surface area contributed by atoms with Crippen molar-refractivity contribution in [3.8, 4) is 11.6 Å². The fourth-order valence-electron chi connectivity index (χ4n) is 8.68. The van der Waals surface area contributed by atoms with E-state index in [1.165, 1.54) is 34.0 Å². The predicted octanol–water partition coefficient (Wildman–Crippen LogP) is 5.82. The molecule has 1 aromatic heterocycles. The minimum Gasteiger partial charge on any atom is -0.490 e. The van der Waals surface area contributed by atoms with Gasteiger partial charge in [0.15, 0.2) is 0 Å². The van der Waals surface area contributed by atoms with Gasteiger partial charge >= 0.3 is 6.09 Å². The zero-order chi connectivity index (χ0) is 40.6. The SMILES string of the molecule is COc1nn(C)cc1C(=O)NS1(=O)=NC(=O)c2ccc3c(c2)N(C[C@@H]2CC[C@H]2[C@@H](OC)/C=C/[C@H](OC(=O)N(C)C)[C@H](C)C1)C[C@@]1(CCCc2cc(Cl)ccc21)CO3. The lowest BCUT2D eigenvalue weighted by atomic mass is 9.68. The molecule has 3 aromatic rings. The highest BCUT2D eigenvalue weighted by Crippen LogP contribution is 2.47. The maximum atomic E-state index is 15.0. The van der Waals surface area contributed by atoms with E-state index in [-0.39, 0.29) is 46.1 Å². The van der Waals surface area contributed by atoms with Gasteiger partial charge in [-0.3, -0.25) is 19.0 Å². The van der Waals surface area contributed by atoms with E-state index in [1.807, 2.05) is 12.1 Å². The molecule has 1 spiro atoms. The maximum Gasteiger partial charge on any atom is 0.409 e. The number of aryl methyl sites for hydroxylation is 2. The van der Waals surface area contributed by atoms with Crippen LogP contribution in [-0.2, 0) is 38.3 Å². The Morgan fingerprint density at radius 1 is 1.11 bits per heavy atom. The summed E-state index contributed by atoms with van der Waals surface area (Å²) in [5.41, 5.74) is 3.05. The number of rotatable bonds is 5. The fourth-order valence-corrected chi connectivity index (χ4v) is 10.8. The summed E-state index contributed by atoms with van der Waals surface area (Å²) in [7, 11) is 3.91. The second kappa shape index (κ2) is 16.3. The van der Waals surface area contributed by atoms with E-state index >= 15 is 0 Å². The molecule has 2 bridgehead atoms. The third-order valence-electron chi connectivity index (χ3n) is 11.8. The predicted molar refractivity (Wildman–Crippen MR) is 216 cm³/mol. The van der Waals surface area contributed by atoms with E-state index in [2.05, 4.69) is 31.2 Å². The number of aromatic nitrogens is 2. The van der Waals surface area contributed by atoms with Crippen LogP contribution in [0, 0.1) is 17.8 Å². The molecule has 2 aliphatic carbocycles. The molecule has 1 unspecified atom stereocenters. The number of carbonyl (C=O) groups excluding carboxylic acids is 3. The van der Waals surface area contributed by atoms with E-state index in [0.717, 1.165) is 37.8 Å². The van der Waals surface area contributed by atoms with Crippen LogP contribution in [0.1, 0.15) is 64.4 Å². The summed E-state index contributed by atoms with van der Waals surface area (Å²) >= 11 is 6.48. The van der Waals surface area contributed by atoms with Gasteiger partial charge in [0.25, 0.3) is 11.8 Å². The van der Waals surface area contributed by atoms with Crippen LogP contribution >= 0.6 is 11.6 Å². The highest BCUT2D eigenvalue weighted by molar-refractivity contribution is 7.92. The van der Waals surface area contributed by atoms with Gasteiger partial charge in [0.1, 0.15) is 27.3 Å². The standard InChI is InChI=1S/C41H51ClN6O8S/c1-25-22-57(52,45-38(50)31-21-47(4)43-39(31)54-6)44-37(49)27-10-14-36-33(19-27)48(23-41(24-55-36)17-7-8-26-18-29(42)11-13-32(26)41)20-28-9-12-30(28)35(53-5)16-15-34(25)56-40(51)46(2)3/h10-11,13-16,18-19,21,25,28,30,34-35H,7-9,12,17,20,22-24H2,1-6H3,(H,44,45,49,50,52)/b16-15+/t25-,28+,30-,34+,35+,41+,57?/m1/s1. The van der Waals surface area contributed by atoms with Crippen molar-refractivity contribution in [2.45, 2.75) is 56.7 Å². The van der Waals surface area contributed by atoms with Crippen LogP contribution in [0.2, 0.25) is 5.02 Å². The van der Waals surface area contributed by atoms with Crippen molar-refractivity contribution in [2.24, 2.45) is 29.2 Å². The summed E-state index contributed by atoms with van der Waals surface area (Å²) in [5.74, 6) is -1.55. The molecular weight excluding hydrogens is 772 g/mol. The highest BCUT2D eigenvalue weighted by Gasteiger charge is 2.44. The largest absolute Gasteiger partial charge is 0.490 e. The Morgan fingerprint density at radius 3 is 2.61 bits per heavy atom. The van der Waals surface area contributed by atoms with Crippen molar-refractivity contribution in [3.05, 3.63) is 82.0 Å². The fraction of sp³-hybridized carbons (Fsp3) is 0.512. The Hall–Kier alpha value is -4.60. The van der Waals surface area contributed by atoms with E-state index in [1.54, 1.807) is 59.5 Å². The number of nitrogens with one attached hydrogen (secondary N) is 1. The number of ether oxygens (including phenoxy) is 4. The topological polar surface area (TPSA) is 154 Å². The van der Waals surface area contributed by atoms with Crippen LogP contribution in [-0.4, -0.2) is 103 Å². The molecule has 1 fully saturated rings. The minimum atomic E-state index is -3.89. The molecule has 0 saturated heterocycles. The van der Waals surface area contributed by atoms with E-state index in [0.29, 0.717) is 30.5 Å². The third kappa shape index (κ3) is 8.37. The summed E-state index contributed by atoms with van der Waals surface area (Å²) < 4.78 is 47.1. The molecule has 2 aromatic carbocycles. The van der Waals surface area contributed by atoms with Gasteiger partial charge < -0.3 is 28.7 Å². The number of methoxy groups -OCH3 is 2. The molecule has 2 aliphatic heterocycles. The Morgan fingerprint density at radius 2 is 1.89 bits per heavy atom. The van der Waals surface area contributed by atoms with Crippen LogP contribution in [0.4, 0.5) is 10.5 Å². The van der Waals surface area contributed by atoms with E-state index in [9.17, 15) is 18.6 Å². The maximum absolute atomic E-state index is 15.0. The quantitative estimate of drug-likeness (QED) is 0.312. The lowest BCUT2D eigenvalue weighted by Gasteiger charge is -2.46. The Labute approximate surface area is 339 Å². The van der Waals surface area contributed by atoms with Crippen molar-refractivity contribution in [1.82, 2.24) is 19.4 Å². The Balaban J connectivity index is 1.34. The smallest absolute Gasteiger partial charge is 0.409 e. The number of nitrogens with zero attached hydrogens (tertiary/aromatic N) is 5. The first-order valence-electron chi connectivity index (χ1n) is 19.3. The molecule has 57 heavy (non-hydrogen) atoms. The van der Waals surface area contributed by atoms with Gasteiger partial charge in [-0.05, 0) is 91.5 Å². The number of halogens is 1. The first-order valence-corrected chi connectivity index (χ1v) is 21.4. The molecule has 7 atom stereocenters. The average Bonchev–Trinajstić information content (AvgIpc) is 3.48. The van der Waals surface area contributed by atoms with Crippen LogP contribution < -0.4 is 19.1 Å². The van der Waals surface area contributed by atoms with E-state index in [4.69, 9.17) is 30.5 Å². The van der Waals surface area contributed by atoms with Crippen LogP contribution in [0.3, 0.4) is 0 Å². The highest BCUT2D eigenvalue weighted by atomic mass is 35.5. The monoisotopic (exact) mass is 822 g/mol. The summed E-state index contributed by atoms with van der Waals surface area (Å²) in [6.45, 7) is 3.49. The first kappa shape index (κ1) is 40.6. The Bertz CT molecular complexity index is 2200. The number of hydrogen-bond donors (Lipinski definition) is 1. The van der Waals surface area contributed by atoms with Crippen LogP contribution in [0.5, 0.6) is 11.6 Å². The molecule has 16 heteroatoms. The number of hydrogen-bond acceptors (Lipinski definition) is 10. The lowest BCUT2D eigenvalue weighted by molar-refractivity contribution is 0.0120. The zero-order valence-electron chi connectivity index (χ0n) is 33.2. The normalized spacial score (nSPS) is 29.0. The minimum absolute atomic E-state index is 0.0111. The third-order valence-corrected chi connectivity index (χ3v) is 13.9. The van der Waals surface area contributed by atoms with Gasteiger partial charge in [-0.15, -0.1) is 9.46 Å². The second-order valence-electron chi connectivity index (χ2n) is 16.0. The summed E-state index contributed by atoms with van der Waals surface area (Å²) in [6.07, 6.45) is 8.02. The number of anilines is 1. The molecule has 3 heterocycles. The lowest BCUT2D eigenvalue weighted by Crippen LogP contribution is -2.49. The van der Waals surface area contributed by atoms with Crippen molar-refractivity contribution in [1.29, 1.82) is 0 Å². The molecule has 14 nitrogen and oxygen atoms in total. The number of benzene rings is 2. The van der Waals surface area contributed by atoms with Crippen molar-refractivity contribution in [3.63, 3.8) is 0 Å².